The molecule has 88 valence electrons. The second-order valence-electron chi connectivity index (χ2n) is 4.82. The highest BCUT2D eigenvalue weighted by molar-refractivity contribution is 6.31. The molecule has 1 rings (SSSR count). The Hall–Kier alpha value is -1.02. The molecule has 0 spiro atoms. The number of halogens is 1. The number of benzene rings is 1. The lowest BCUT2D eigenvalue weighted by molar-refractivity contribution is -0.158. The van der Waals surface area contributed by atoms with Crippen molar-refractivity contribution in [3.63, 3.8) is 0 Å². The lowest BCUT2D eigenvalue weighted by Gasteiger charge is -2.21. The Kier molecular flexibility index (Phi) is 3.98. The van der Waals surface area contributed by atoms with Gasteiger partial charge in [0.05, 0.1) is 5.41 Å². The summed E-state index contributed by atoms with van der Waals surface area (Å²) in [6, 6.07) is 7.38. The Bertz CT molecular complexity index is 380. The number of carbonyl (C=O) groups excluding carboxylic acids is 1. The molecule has 0 unspecified atom stereocenters. The van der Waals surface area contributed by atoms with Crippen LogP contribution in [0.1, 0.15) is 39.4 Å². The Morgan fingerprint density at radius 1 is 1.31 bits per heavy atom. The first kappa shape index (κ1) is 13.0. The van der Waals surface area contributed by atoms with Crippen molar-refractivity contribution in [3.05, 3.63) is 34.9 Å². The van der Waals surface area contributed by atoms with E-state index in [1.54, 1.807) is 6.07 Å². The summed E-state index contributed by atoms with van der Waals surface area (Å²) in [5, 5.41) is 0.622. The van der Waals surface area contributed by atoms with Gasteiger partial charge in [0.1, 0.15) is 6.10 Å². The molecule has 0 bridgehead atoms. The van der Waals surface area contributed by atoms with E-state index in [9.17, 15) is 4.79 Å². The van der Waals surface area contributed by atoms with Gasteiger partial charge >= 0.3 is 5.97 Å². The van der Waals surface area contributed by atoms with Crippen LogP contribution < -0.4 is 0 Å². The third kappa shape index (κ3) is 3.24. The van der Waals surface area contributed by atoms with Gasteiger partial charge < -0.3 is 4.74 Å². The minimum absolute atomic E-state index is 0.222. The fourth-order valence-electron chi connectivity index (χ4n) is 1.21. The average Bonchev–Trinajstić information content (AvgIpc) is 2.16. The predicted octanol–water partition coefficient (Wildman–Crippen LogP) is 3.99. The molecule has 0 amide bonds. The molecule has 0 heterocycles. The van der Waals surface area contributed by atoms with E-state index in [4.69, 9.17) is 16.3 Å². The molecule has 0 radical (unpaired) electrons. The second kappa shape index (κ2) is 4.88. The molecular formula is C13H17ClO2. The Morgan fingerprint density at radius 2 is 1.88 bits per heavy atom. The maximum Gasteiger partial charge on any atom is 0.311 e. The zero-order chi connectivity index (χ0) is 12.3. The molecule has 1 atom stereocenters. The molecular weight excluding hydrogens is 224 g/mol. The normalized spacial score (nSPS) is 13.3. The van der Waals surface area contributed by atoms with E-state index in [0.29, 0.717) is 5.02 Å². The van der Waals surface area contributed by atoms with Crippen LogP contribution in [0.2, 0.25) is 5.02 Å². The standard InChI is InChI=1S/C13H17ClO2/c1-9(16-12(15)13(2,3)4)10-7-5-6-8-11(10)14/h5-9H,1-4H3/t9-/m0/s1. The highest BCUT2D eigenvalue weighted by Gasteiger charge is 2.25. The van der Waals surface area contributed by atoms with Crippen LogP contribution in [-0.4, -0.2) is 5.97 Å². The lowest BCUT2D eigenvalue weighted by Crippen LogP contribution is -2.24. The third-order valence-corrected chi connectivity index (χ3v) is 2.58. The molecule has 0 N–H and O–H groups in total. The lowest BCUT2D eigenvalue weighted by atomic mass is 9.97. The summed E-state index contributed by atoms with van der Waals surface area (Å²) < 4.78 is 5.36. The van der Waals surface area contributed by atoms with Gasteiger partial charge in [-0.1, -0.05) is 29.8 Å². The maximum absolute atomic E-state index is 11.7. The van der Waals surface area contributed by atoms with Gasteiger partial charge in [0, 0.05) is 10.6 Å². The number of hydrogen-bond donors (Lipinski definition) is 0. The first-order valence-electron chi connectivity index (χ1n) is 5.28. The molecule has 0 aliphatic rings. The molecule has 0 aliphatic heterocycles. The van der Waals surface area contributed by atoms with Crippen LogP contribution in [0.3, 0.4) is 0 Å². The molecule has 16 heavy (non-hydrogen) atoms. The summed E-state index contributed by atoms with van der Waals surface area (Å²) in [5.41, 5.74) is 0.344. The zero-order valence-corrected chi connectivity index (χ0v) is 10.8. The van der Waals surface area contributed by atoms with E-state index in [1.807, 2.05) is 45.9 Å². The van der Waals surface area contributed by atoms with Crippen LogP contribution in [0.5, 0.6) is 0 Å². The number of carbonyl (C=O) groups is 1. The van der Waals surface area contributed by atoms with Crippen molar-refractivity contribution >= 4 is 17.6 Å². The maximum atomic E-state index is 11.7. The van der Waals surface area contributed by atoms with Gasteiger partial charge in [-0.25, -0.2) is 0 Å². The van der Waals surface area contributed by atoms with E-state index in [2.05, 4.69) is 0 Å². The molecule has 0 aromatic heterocycles. The van der Waals surface area contributed by atoms with Gasteiger partial charge in [0.15, 0.2) is 0 Å². The predicted molar refractivity (Wildman–Crippen MR) is 65.4 cm³/mol. The summed E-state index contributed by atoms with van der Waals surface area (Å²) in [4.78, 5) is 11.7. The third-order valence-electron chi connectivity index (χ3n) is 2.24. The minimum atomic E-state index is -0.491. The van der Waals surface area contributed by atoms with Gasteiger partial charge in [-0.05, 0) is 33.8 Å². The summed E-state index contributed by atoms with van der Waals surface area (Å²) in [7, 11) is 0. The van der Waals surface area contributed by atoms with E-state index < -0.39 is 5.41 Å². The van der Waals surface area contributed by atoms with Crippen LogP contribution in [0.15, 0.2) is 24.3 Å². The fourth-order valence-corrected chi connectivity index (χ4v) is 1.49. The van der Waals surface area contributed by atoms with Crippen molar-refractivity contribution in [2.24, 2.45) is 5.41 Å². The van der Waals surface area contributed by atoms with Gasteiger partial charge in [0.25, 0.3) is 0 Å². The minimum Gasteiger partial charge on any atom is -0.457 e. The van der Waals surface area contributed by atoms with Crippen molar-refractivity contribution < 1.29 is 9.53 Å². The zero-order valence-electron chi connectivity index (χ0n) is 10.1. The van der Waals surface area contributed by atoms with Crippen LogP contribution in [0.25, 0.3) is 0 Å². The monoisotopic (exact) mass is 240 g/mol. The van der Waals surface area contributed by atoms with E-state index in [1.165, 1.54) is 0 Å². The molecule has 0 aliphatic carbocycles. The SMILES string of the molecule is C[C@H](OC(=O)C(C)(C)C)c1ccccc1Cl. The summed E-state index contributed by atoms with van der Waals surface area (Å²) in [6.45, 7) is 7.31. The van der Waals surface area contributed by atoms with Gasteiger partial charge in [-0.3, -0.25) is 4.79 Å². The number of esters is 1. The average molecular weight is 241 g/mol. The summed E-state index contributed by atoms with van der Waals surface area (Å²) in [6.07, 6.45) is -0.319. The molecule has 1 aromatic rings. The van der Waals surface area contributed by atoms with Crippen molar-refractivity contribution in [3.8, 4) is 0 Å². The first-order valence-corrected chi connectivity index (χ1v) is 5.65. The number of rotatable bonds is 2. The summed E-state index contributed by atoms with van der Waals surface area (Å²) in [5.74, 6) is -0.222. The van der Waals surface area contributed by atoms with E-state index >= 15 is 0 Å². The topological polar surface area (TPSA) is 26.3 Å². The van der Waals surface area contributed by atoms with E-state index in [-0.39, 0.29) is 12.1 Å². The Balaban J connectivity index is 2.78. The van der Waals surface area contributed by atoms with Crippen molar-refractivity contribution in [1.29, 1.82) is 0 Å². The quantitative estimate of drug-likeness (QED) is 0.731. The summed E-state index contributed by atoms with van der Waals surface area (Å²) >= 11 is 6.03. The molecule has 1 aromatic carbocycles. The van der Waals surface area contributed by atoms with E-state index in [0.717, 1.165) is 5.56 Å². The van der Waals surface area contributed by atoms with Crippen molar-refractivity contribution in [1.82, 2.24) is 0 Å². The smallest absolute Gasteiger partial charge is 0.311 e. The number of hydrogen-bond acceptors (Lipinski definition) is 2. The fraction of sp³-hybridized carbons (Fsp3) is 0.462. The van der Waals surface area contributed by atoms with Gasteiger partial charge in [-0.15, -0.1) is 0 Å². The number of ether oxygens (including phenoxy) is 1. The second-order valence-corrected chi connectivity index (χ2v) is 5.23. The van der Waals surface area contributed by atoms with Gasteiger partial charge in [0.2, 0.25) is 0 Å². The van der Waals surface area contributed by atoms with Crippen molar-refractivity contribution in [2.75, 3.05) is 0 Å². The van der Waals surface area contributed by atoms with Crippen LogP contribution in [0.4, 0.5) is 0 Å². The highest BCUT2D eigenvalue weighted by Crippen LogP contribution is 2.27. The Labute approximate surface area is 102 Å². The molecule has 0 saturated heterocycles. The van der Waals surface area contributed by atoms with Crippen molar-refractivity contribution in [2.45, 2.75) is 33.8 Å². The first-order chi connectivity index (χ1) is 7.32. The largest absolute Gasteiger partial charge is 0.457 e. The molecule has 3 heteroatoms. The molecule has 0 fully saturated rings. The highest BCUT2D eigenvalue weighted by atomic mass is 35.5. The molecule has 0 saturated carbocycles. The van der Waals surface area contributed by atoms with Crippen LogP contribution in [0, 0.1) is 5.41 Å². The van der Waals surface area contributed by atoms with Crippen LogP contribution >= 0.6 is 11.6 Å². The van der Waals surface area contributed by atoms with Gasteiger partial charge in [-0.2, -0.15) is 0 Å². The van der Waals surface area contributed by atoms with Crippen LogP contribution in [-0.2, 0) is 9.53 Å². The molecule has 2 nitrogen and oxygen atoms in total. The Morgan fingerprint density at radius 3 is 2.38 bits per heavy atom.